The summed E-state index contributed by atoms with van der Waals surface area (Å²) in [4.78, 5) is 4.23. The fraction of sp³-hybridized carbons (Fsp3) is 0.211. The average molecular weight is 363 g/mol. The molecule has 1 nitrogen and oxygen atoms in total. The van der Waals surface area contributed by atoms with E-state index in [1.54, 1.807) is 12.1 Å². The van der Waals surface area contributed by atoms with Crippen LogP contribution in [0.3, 0.4) is 0 Å². The molecule has 0 aromatic heterocycles. The van der Waals surface area contributed by atoms with Crippen LogP contribution in [-0.2, 0) is 6.18 Å². The molecule has 0 fully saturated rings. The second kappa shape index (κ2) is 7.24. The molecular weight excluding hydrogens is 346 g/mol. The molecule has 0 amide bonds. The van der Waals surface area contributed by atoms with E-state index in [4.69, 9.17) is 0 Å². The summed E-state index contributed by atoms with van der Waals surface area (Å²) in [6, 6.07) is 10.5. The largest absolute Gasteiger partial charge is 0.416 e. The lowest BCUT2D eigenvalue weighted by atomic mass is 10.1. The predicted molar refractivity (Wildman–Crippen MR) is 95.2 cm³/mol. The Labute approximate surface area is 145 Å². The van der Waals surface area contributed by atoms with Gasteiger partial charge in [0, 0.05) is 5.56 Å². The number of rotatable bonds is 2. The molecule has 0 heterocycles. The summed E-state index contributed by atoms with van der Waals surface area (Å²) >= 11 is 0. The van der Waals surface area contributed by atoms with Crippen molar-refractivity contribution in [3.05, 3.63) is 65.5 Å². The van der Waals surface area contributed by atoms with Crippen molar-refractivity contribution in [3.8, 4) is 11.5 Å². The van der Waals surface area contributed by atoms with Crippen molar-refractivity contribution < 1.29 is 17.6 Å². The Balaban J connectivity index is 2.52. The van der Waals surface area contributed by atoms with Gasteiger partial charge in [-0.3, -0.25) is 0 Å². The highest BCUT2D eigenvalue weighted by Crippen LogP contribution is 2.29. The van der Waals surface area contributed by atoms with Gasteiger partial charge in [0.1, 0.15) is 25.3 Å². The lowest BCUT2D eigenvalue weighted by Crippen LogP contribution is -2.17. The van der Waals surface area contributed by atoms with E-state index in [0.29, 0.717) is 5.56 Å². The molecule has 0 bridgehead atoms. The molecule has 0 unspecified atom stereocenters. The second-order valence-electron chi connectivity index (χ2n) is 6.49. The molecule has 25 heavy (non-hydrogen) atoms. The fourth-order valence-electron chi connectivity index (χ4n) is 1.89. The van der Waals surface area contributed by atoms with Crippen molar-refractivity contribution >= 4 is 19.5 Å². The first-order valence-electron chi connectivity index (χ1n) is 7.60. The van der Waals surface area contributed by atoms with Gasteiger partial charge in [-0.15, -0.1) is 5.54 Å². The van der Waals surface area contributed by atoms with Crippen LogP contribution in [0.1, 0.15) is 11.1 Å². The third-order valence-corrected chi connectivity index (χ3v) is 4.00. The lowest BCUT2D eigenvalue weighted by Gasteiger charge is -2.08. The van der Waals surface area contributed by atoms with E-state index >= 15 is 0 Å². The van der Waals surface area contributed by atoms with Crippen LogP contribution < -0.4 is 0 Å². The van der Waals surface area contributed by atoms with E-state index in [9.17, 15) is 17.6 Å². The van der Waals surface area contributed by atoms with Crippen molar-refractivity contribution in [1.82, 2.24) is 0 Å². The van der Waals surface area contributed by atoms with Crippen LogP contribution in [0.15, 0.2) is 53.5 Å². The van der Waals surface area contributed by atoms with Gasteiger partial charge in [0.25, 0.3) is 0 Å². The normalized spacial score (nSPS) is 12.5. The summed E-state index contributed by atoms with van der Waals surface area (Å²) in [5, 5.41) is 0. The molecule has 2 rings (SSSR count). The van der Waals surface area contributed by atoms with Gasteiger partial charge < -0.3 is 0 Å². The molecule has 2 aromatic rings. The molecule has 0 saturated heterocycles. The third-order valence-electron chi connectivity index (χ3n) is 3.13. The van der Waals surface area contributed by atoms with Crippen molar-refractivity contribution in [3.63, 3.8) is 0 Å². The van der Waals surface area contributed by atoms with E-state index in [2.05, 4.69) is 16.5 Å². The van der Waals surface area contributed by atoms with Crippen LogP contribution in [0.2, 0.25) is 19.6 Å². The minimum Gasteiger partial charge on any atom is -0.236 e. The van der Waals surface area contributed by atoms with Gasteiger partial charge in [-0.05, 0) is 24.3 Å². The van der Waals surface area contributed by atoms with E-state index in [0.717, 1.165) is 12.1 Å². The maximum atomic E-state index is 13.9. The molecule has 6 heteroatoms. The fourth-order valence-corrected chi connectivity index (χ4v) is 2.38. The number of benzene rings is 2. The Morgan fingerprint density at radius 3 is 2.08 bits per heavy atom. The molecule has 0 saturated carbocycles. The van der Waals surface area contributed by atoms with E-state index < -0.39 is 25.6 Å². The van der Waals surface area contributed by atoms with Crippen LogP contribution in [0.25, 0.3) is 0 Å². The van der Waals surface area contributed by atoms with Crippen molar-refractivity contribution in [2.24, 2.45) is 4.99 Å². The number of nitrogens with zero attached hydrogens (tertiary/aromatic N) is 1. The Bertz CT molecular complexity index is 835. The van der Waals surface area contributed by atoms with Crippen molar-refractivity contribution in [1.29, 1.82) is 0 Å². The van der Waals surface area contributed by atoms with Gasteiger partial charge in [0.05, 0.1) is 5.56 Å². The van der Waals surface area contributed by atoms with Gasteiger partial charge >= 0.3 is 6.18 Å². The quantitative estimate of drug-likeness (QED) is 0.275. The maximum Gasteiger partial charge on any atom is 0.416 e. The molecule has 130 valence electrons. The zero-order valence-corrected chi connectivity index (χ0v) is 15.1. The van der Waals surface area contributed by atoms with Crippen LogP contribution in [0, 0.1) is 17.3 Å². The first kappa shape index (κ1) is 18.9. The van der Waals surface area contributed by atoms with Gasteiger partial charge in [-0.25, -0.2) is 9.38 Å². The smallest absolute Gasteiger partial charge is 0.236 e. The molecule has 0 N–H and O–H groups in total. The summed E-state index contributed by atoms with van der Waals surface area (Å²) in [6.07, 6.45) is -4.41. The Hall–Kier alpha value is -2.39. The van der Waals surface area contributed by atoms with Crippen LogP contribution >= 0.6 is 0 Å². The highest BCUT2D eigenvalue weighted by molar-refractivity contribution is 6.84. The van der Waals surface area contributed by atoms with Gasteiger partial charge in [-0.1, -0.05) is 49.8 Å². The Kier molecular flexibility index (Phi) is 5.48. The zero-order valence-electron chi connectivity index (χ0n) is 14.1. The predicted octanol–water partition coefficient (Wildman–Crippen LogP) is 5.85. The third kappa shape index (κ3) is 5.57. The molecule has 0 aliphatic rings. The highest BCUT2D eigenvalue weighted by atomic mass is 28.3. The molecule has 0 atom stereocenters. The summed E-state index contributed by atoms with van der Waals surface area (Å²) in [5.41, 5.74) is 3.14. The highest BCUT2D eigenvalue weighted by Gasteiger charge is 2.30. The Morgan fingerprint density at radius 1 is 0.960 bits per heavy atom. The molecule has 0 aliphatic heterocycles. The summed E-state index contributed by atoms with van der Waals surface area (Å²) in [5.74, 6) is 2.41. The summed E-state index contributed by atoms with van der Waals surface area (Å²) < 4.78 is 52.0. The maximum absolute atomic E-state index is 13.9. The van der Waals surface area contributed by atoms with Crippen molar-refractivity contribution in [2.45, 2.75) is 25.8 Å². The van der Waals surface area contributed by atoms with Crippen molar-refractivity contribution in [2.75, 3.05) is 0 Å². The van der Waals surface area contributed by atoms with Gasteiger partial charge in [0.15, 0.2) is 0 Å². The molecular formula is C19H17F4NSi. The number of halogens is 4. The number of alkyl halides is 3. The Morgan fingerprint density at radius 2 is 1.56 bits per heavy atom. The topological polar surface area (TPSA) is 12.4 Å². The van der Waals surface area contributed by atoms with E-state index in [1.165, 1.54) is 24.3 Å². The van der Waals surface area contributed by atoms with E-state index in [1.807, 2.05) is 19.6 Å². The second-order valence-corrected chi connectivity index (χ2v) is 11.2. The molecule has 0 spiro atoms. The SMILES string of the molecule is C[Si](C)(C)C#CC(=Nc1ccccc1F)c1ccc(C(F)(F)F)cc1. The minimum absolute atomic E-state index is 0.0993. The van der Waals surface area contributed by atoms with Gasteiger partial charge in [0.2, 0.25) is 0 Å². The standard InChI is InChI=1S/C19H17F4NSi/c1-25(2,3)13-12-17(24-18-7-5-4-6-16(18)20)14-8-10-15(11-9-14)19(21,22)23/h4-11H,1-3H3. The number of hydrogen-bond donors (Lipinski definition) is 0. The van der Waals surface area contributed by atoms with Crippen LogP contribution in [-0.4, -0.2) is 13.8 Å². The van der Waals surface area contributed by atoms with Gasteiger partial charge in [-0.2, -0.15) is 13.2 Å². The number of aliphatic imine (C=N–C) groups is 1. The first-order chi connectivity index (χ1) is 11.6. The number of para-hydroxylation sites is 1. The minimum atomic E-state index is -4.41. The van der Waals surface area contributed by atoms with Crippen LogP contribution in [0.5, 0.6) is 0 Å². The summed E-state index contributed by atoms with van der Waals surface area (Å²) in [7, 11) is -1.74. The summed E-state index contributed by atoms with van der Waals surface area (Å²) in [6.45, 7) is 6.11. The van der Waals surface area contributed by atoms with Crippen LogP contribution in [0.4, 0.5) is 23.2 Å². The molecule has 0 aliphatic carbocycles. The first-order valence-corrected chi connectivity index (χ1v) is 11.1. The lowest BCUT2D eigenvalue weighted by molar-refractivity contribution is -0.137. The zero-order chi connectivity index (χ0) is 18.7. The van der Waals surface area contributed by atoms with E-state index in [-0.39, 0.29) is 11.4 Å². The monoisotopic (exact) mass is 363 g/mol. The number of hydrogen-bond acceptors (Lipinski definition) is 1. The molecule has 2 aromatic carbocycles. The average Bonchev–Trinajstić information content (AvgIpc) is 2.51. The molecule has 0 radical (unpaired) electrons.